The van der Waals surface area contributed by atoms with Gasteiger partial charge in [0.15, 0.2) is 5.82 Å². The Balaban J connectivity index is 2.60. The van der Waals surface area contributed by atoms with E-state index in [4.69, 9.17) is 0 Å². The molecule has 5 nitrogen and oxygen atoms in total. The topological polar surface area (TPSA) is 64.8 Å². The van der Waals surface area contributed by atoms with Crippen LogP contribution in [-0.4, -0.2) is 26.3 Å². The van der Waals surface area contributed by atoms with Crippen LogP contribution in [0.5, 0.6) is 0 Å². The molecule has 5 heteroatoms. The Morgan fingerprint density at radius 3 is 2.30 bits per heavy atom. The molecule has 20 heavy (non-hydrogen) atoms. The van der Waals surface area contributed by atoms with Crippen molar-refractivity contribution in [1.29, 1.82) is 0 Å². The highest BCUT2D eigenvalue weighted by atomic mass is 16.1. The lowest BCUT2D eigenvalue weighted by Gasteiger charge is -2.11. The summed E-state index contributed by atoms with van der Waals surface area (Å²) in [5, 5.41) is 4.42. The van der Waals surface area contributed by atoms with Crippen molar-refractivity contribution in [2.45, 2.75) is 33.6 Å². The van der Waals surface area contributed by atoms with Gasteiger partial charge in [0.1, 0.15) is 17.5 Å². The summed E-state index contributed by atoms with van der Waals surface area (Å²) in [5.41, 5.74) is 2.15. The average Bonchev–Trinajstić information content (AvgIpc) is 2.67. The van der Waals surface area contributed by atoms with Crippen molar-refractivity contribution in [3.63, 3.8) is 0 Å². The minimum absolute atomic E-state index is 0.163. The molecule has 0 fully saturated rings. The Bertz CT molecular complexity index is 645. The first-order chi connectivity index (χ1) is 9.43. The van der Waals surface area contributed by atoms with Gasteiger partial charge in [-0.1, -0.05) is 6.07 Å². The summed E-state index contributed by atoms with van der Waals surface area (Å²) in [5.74, 6) is -0.397. The molecule has 2 heterocycles. The van der Waals surface area contributed by atoms with Crippen molar-refractivity contribution in [1.82, 2.24) is 14.8 Å². The first-order valence-electron chi connectivity index (χ1n) is 6.42. The third kappa shape index (κ3) is 2.39. The average molecular weight is 271 g/mol. The number of Topliss-reactive ketones (excluding diaryl/α,β-unsaturated/α-hetero) is 2. The maximum atomic E-state index is 11.8. The zero-order chi connectivity index (χ0) is 14.9. The summed E-state index contributed by atoms with van der Waals surface area (Å²) in [4.78, 5) is 27.8. The molecule has 0 unspecified atom stereocenters. The van der Waals surface area contributed by atoms with E-state index in [1.54, 1.807) is 17.8 Å². The van der Waals surface area contributed by atoms with Gasteiger partial charge in [-0.2, -0.15) is 5.10 Å². The quantitative estimate of drug-likeness (QED) is 0.799. The molecule has 0 aromatic carbocycles. The summed E-state index contributed by atoms with van der Waals surface area (Å²) < 4.78 is 1.67. The van der Waals surface area contributed by atoms with Gasteiger partial charge in [-0.05, 0) is 39.8 Å². The van der Waals surface area contributed by atoms with E-state index >= 15 is 0 Å². The van der Waals surface area contributed by atoms with Crippen molar-refractivity contribution in [3.8, 4) is 5.82 Å². The van der Waals surface area contributed by atoms with Gasteiger partial charge in [0.2, 0.25) is 0 Å². The number of hydrogen-bond donors (Lipinski definition) is 0. The molecule has 0 atom stereocenters. The van der Waals surface area contributed by atoms with Crippen molar-refractivity contribution in [2.75, 3.05) is 0 Å². The minimum atomic E-state index is -0.743. The van der Waals surface area contributed by atoms with E-state index < -0.39 is 5.92 Å². The number of hydrogen-bond acceptors (Lipinski definition) is 4. The van der Waals surface area contributed by atoms with Crippen molar-refractivity contribution >= 4 is 11.6 Å². The lowest BCUT2D eigenvalue weighted by molar-refractivity contribution is -0.126. The number of carbonyl (C=O) groups excluding carboxylic acids is 2. The fourth-order valence-electron chi connectivity index (χ4n) is 2.47. The predicted molar refractivity (Wildman–Crippen MR) is 74.9 cm³/mol. The van der Waals surface area contributed by atoms with E-state index in [0.717, 1.165) is 5.69 Å². The lowest BCUT2D eigenvalue weighted by Crippen LogP contribution is -2.18. The third-order valence-corrected chi connectivity index (χ3v) is 3.32. The number of nitrogens with zero attached hydrogens (tertiary/aromatic N) is 3. The van der Waals surface area contributed by atoms with Crippen LogP contribution in [0.2, 0.25) is 0 Å². The largest absolute Gasteiger partial charge is 0.299 e. The van der Waals surface area contributed by atoms with E-state index in [-0.39, 0.29) is 11.6 Å². The molecule has 0 bridgehead atoms. The molecule has 2 aromatic rings. The highest BCUT2D eigenvalue weighted by Gasteiger charge is 2.28. The van der Waals surface area contributed by atoms with Gasteiger partial charge in [0.25, 0.3) is 0 Å². The Morgan fingerprint density at radius 1 is 1.15 bits per heavy atom. The minimum Gasteiger partial charge on any atom is -0.299 e. The zero-order valence-electron chi connectivity index (χ0n) is 12.0. The van der Waals surface area contributed by atoms with Crippen LogP contribution in [-0.2, 0) is 9.59 Å². The molecule has 0 aliphatic carbocycles. The van der Waals surface area contributed by atoms with Crippen LogP contribution in [0.3, 0.4) is 0 Å². The maximum Gasteiger partial charge on any atom is 0.153 e. The van der Waals surface area contributed by atoms with Crippen molar-refractivity contribution in [3.05, 3.63) is 41.3 Å². The predicted octanol–water partition coefficient (Wildman–Crippen LogP) is 2.15. The first-order valence-corrected chi connectivity index (χ1v) is 6.42. The molecule has 0 saturated heterocycles. The molecule has 0 amide bonds. The smallest absolute Gasteiger partial charge is 0.153 e. The van der Waals surface area contributed by atoms with Gasteiger partial charge in [-0.25, -0.2) is 9.67 Å². The van der Waals surface area contributed by atoms with Gasteiger partial charge >= 0.3 is 0 Å². The third-order valence-electron chi connectivity index (χ3n) is 3.32. The van der Waals surface area contributed by atoms with Crippen LogP contribution in [0.4, 0.5) is 0 Å². The van der Waals surface area contributed by atoms with Crippen LogP contribution >= 0.6 is 0 Å². The Morgan fingerprint density at radius 2 is 1.80 bits per heavy atom. The van der Waals surface area contributed by atoms with Crippen LogP contribution in [0.15, 0.2) is 24.4 Å². The van der Waals surface area contributed by atoms with E-state index in [0.29, 0.717) is 17.1 Å². The molecule has 104 valence electrons. The zero-order valence-corrected chi connectivity index (χ0v) is 12.0. The van der Waals surface area contributed by atoms with Gasteiger partial charge in [-0.3, -0.25) is 9.59 Å². The van der Waals surface area contributed by atoms with E-state index in [9.17, 15) is 9.59 Å². The summed E-state index contributed by atoms with van der Waals surface area (Å²) in [7, 11) is 0. The monoisotopic (exact) mass is 271 g/mol. The van der Waals surface area contributed by atoms with Crippen LogP contribution in [0.25, 0.3) is 5.82 Å². The number of pyridine rings is 1. The summed E-state index contributed by atoms with van der Waals surface area (Å²) in [6, 6.07) is 5.52. The van der Waals surface area contributed by atoms with E-state index in [2.05, 4.69) is 10.1 Å². The van der Waals surface area contributed by atoms with Crippen LogP contribution < -0.4 is 0 Å². The standard InChI is InChI=1S/C15H17N3O2/c1-9-14(15(11(3)19)12(4)20)10(2)18(17-9)13-7-5-6-8-16-13/h5-8,15H,1-4H3. The number of aryl methyl sites for hydroxylation is 1. The maximum absolute atomic E-state index is 11.8. The highest BCUT2D eigenvalue weighted by molar-refractivity contribution is 6.06. The molecule has 0 spiro atoms. The first kappa shape index (κ1) is 14.1. The molecule has 0 N–H and O–H groups in total. The molecular weight excluding hydrogens is 254 g/mol. The highest BCUT2D eigenvalue weighted by Crippen LogP contribution is 2.26. The second-order valence-electron chi connectivity index (χ2n) is 4.84. The second kappa shape index (κ2) is 5.36. The molecule has 0 aliphatic rings. The molecule has 0 saturated carbocycles. The number of aromatic nitrogens is 3. The lowest BCUT2D eigenvalue weighted by atomic mass is 9.90. The Hall–Kier alpha value is -2.30. The molecule has 2 rings (SSSR count). The summed E-state index contributed by atoms with van der Waals surface area (Å²) in [6.07, 6.45) is 1.68. The van der Waals surface area contributed by atoms with Crippen LogP contribution in [0, 0.1) is 13.8 Å². The molecule has 0 aliphatic heterocycles. The van der Waals surface area contributed by atoms with Crippen molar-refractivity contribution in [2.24, 2.45) is 0 Å². The second-order valence-corrected chi connectivity index (χ2v) is 4.84. The molecular formula is C15H17N3O2. The van der Waals surface area contributed by atoms with Crippen LogP contribution in [0.1, 0.15) is 36.7 Å². The summed E-state index contributed by atoms with van der Waals surface area (Å²) >= 11 is 0. The van der Waals surface area contributed by atoms with E-state index in [1.165, 1.54) is 13.8 Å². The number of carbonyl (C=O) groups is 2. The fourth-order valence-corrected chi connectivity index (χ4v) is 2.47. The number of rotatable bonds is 4. The Labute approximate surface area is 117 Å². The summed E-state index contributed by atoms with van der Waals surface area (Å²) in [6.45, 7) is 6.52. The fraction of sp³-hybridized carbons (Fsp3) is 0.333. The number of ketones is 2. The van der Waals surface area contributed by atoms with Gasteiger partial charge in [0, 0.05) is 17.5 Å². The SMILES string of the molecule is CC(=O)C(C(C)=O)c1c(C)nn(-c2ccccn2)c1C. The van der Waals surface area contributed by atoms with Gasteiger partial charge in [-0.15, -0.1) is 0 Å². The van der Waals surface area contributed by atoms with E-state index in [1.807, 2.05) is 25.1 Å². The normalized spacial score (nSPS) is 10.8. The van der Waals surface area contributed by atoms with Gasteiger partial charge < -0.3 is 0 Å². The molecule has 2 aromatic heterocycles. The van der Waals surface area contributed by atoms with Gasteiger partial charge in [0.05, 0.1) is 5.69 Å². The molecule has 0 radical (unpaired) electrons. The Kier molecular flexibility index (Phi) is 3.79. The van der Waals surface area contributed by atoms with Crippen molar-refractivity contribution < 1.29 is 9.59 Å².